The molecule has 1 aromatic carbocycles. The highest BCUT2D eigenvalue weighted by atomic mass is 19.2. The summed E-state index contributed by atoms with van der Waals surface area (Å²) in [6.07, 6.45) is 8.58. The number of likely N-dealkylation sites (tertiary alicyclic amines) is 2. The molecule has 11 heteroatoms. The van der Waals surface area contributed by atoms with Gasteiger partial charge >= 0.3 is 0 Å². The van der Waals surface area contributed by atoms with Gasteiger partial charge in [0.1, 0.15) is 23.8 Å². The van der Waals surface area contributed by atoms with Gasteiger partial charge in [0.2, 0.25) is 0 Å². The Morgan fingerprint density at radius 1 is 1.03 bits per heavy atom. The van der Waals surface area contributed by atoms with Crippen molar-refractivity contribution >= 4 is 16.9 Å². The predicted octanol–water partition coefficient (Wildman–Crippen LogP) is 3.24. The molecule has 2 aliphatic rings. The molecule has 0 atom stereocenters. The van der Waals surface area contributed by atoms with Crippen LogP contribution in [0.5, 0.6) is 0 Å². The normalized spacial score (nSPS) is 17.7. The zero-order valence-electron chi connectivity index (χ0n) is 18.6. The minimum atomic E-state index is -1.30. The number of halogens is 3. The quantitative estimate of drug-likeness (QED) is 0.454. The molecule has 1 N–H and O–H groups in total. The van der Waals surface area contributed by atoms with Crippen molar-refractivity contribution in [2.45, 2.75) is 18.9 Å². The number of nitrogens with one attached hydrogen (secondary N) is 1. The second-order valence-electron chi connectivity index (χ2n) is 8.88. The maximum absolute atomic E-state index is 14.0. The lowest BCUT2D eigenvalue weighted by Crippen LogP contribution is -2.56. The first-order chi connectivity index (χ1) is 17.0. The number of benzene rings is 1. The zero-order chi connectivity index (χ0) is 24.1. The molecule has 0 saturated carbocycles. The predicted molar refractivity (Wildman–Crippen MR) is 121 cm³/mol. The van der Waals surface area contributed by atoms with Gasteiger partial charge in [-0.2, -0.15) is 5.10 Å². The van der Waals surface area contributed by atoms with Crippen molar-refractivity contribution < 1.29 is 18.0 Å². The summed E-state index contributed by atoms with van der Waals surface area (Å²) >= 11 is 0. The molecular formula is C24H21F3N7O. The molecule has 5 heterocycles. The van der Waals surface area contributed by atoms with Crippen LogP contribution in [0.1, 0.15) is 23.2 Å². The fourth-order valence-corrected chi connectivity index (χ4v) is 4.84. The zero-order valence-corrected chi connectivity index (χ0v) is 18.6. The summed E-state index contributed by atoms with van der Waals surface area (Å²) < 4.78 is 42.6. The Morgan fingerprint density at radius 3 is 2.60 bits per heavy atom. The van der Waals surface area contributed by atoms with Crippen molar-refractivity contribution in [3.05, 3.63) is 72.2 Å². The molecule has 1 amide bonds. The highest BCUT2D eigenvalue weighted by Gasteiger charge is 2.37. The van der Waals surface area contributed by atoms with Crippen LogP contribution in [-0.4, -0.2) is 72.7 Å². The first-order valence-corrected chi connectivity index (χ1v) is 11.3. The van der Waals surface area contributed by atoms with Crippen LogP contribution in [0, 0.1) is 23.5 Å². The topological polar surface area (TPSA) is 82.9 Å². The molecule has 0 aliphatic carbocycles. The van der Waals surface area contributed by atoms with Gasteiger partial charge in [-0.3, -0.25) is 14.4 Å². The maximum Gasteiger partial charge on any atom is 0.256 e. The molecule has 0 unspecified atom stereocenters. The Morgan fingerprint density at radius 2 is 1.80 bits per heavy atom. The average Bonchev–Trinajstić information content (AvgIpc) is 3.50. The number of fused-ring (bicyclic) bond motifs is 1. The molecule has 6 rings (SSSR count). The molecule has 3 aromatic heterocycles. The fraction of sp³-hybridized carbons (Fsp3) is 0.292. The van der Waals surface area contributed by atoms with Crippen LogP contribution in [0.3, 0.4) is 0 Å². The van der Waals surface area contributed by atoms with Gasteiger partial charge in [0.15, 0.2) is 11.6 Å². The van der Waals surface area contributed by atoms with Crippen molar-refractivity contribution in [3.8, 4) is 11.3 Å². The van der Waals surface area contributed by atoms with Crippen molar-refractivity contribution in [3.63, 3.8) is 0 Å². The van der Waals surface area contributed by atoms with Gasteiger partial charge in [-0.25, -0.2) is 23.1 Å². The lowest BCUT2D eigenvalue weighted by Gasteiger charge is -2.46. The largest absolute Gasteiger partial charge is 0.346 e. The van der Waals surface area contributed by atoms with Gasteiger partial charge in [0.05, 0.1) is 17.5 Å². The summed E-state index contributed by atoms with van der Waals surface area (Å²) in [4.78, 5) is 28.2. The van der Waals surface area contributed by atoms with Gasteiger partial charge < -0.3 is 9.88 Å². The van der Waals surface area contributed by atoms with Crippen LogP contribution >= 0.6 is 0 Å². The van der Waals surface area contributed by atoms with Crippen molar-refractivity contribution in [2.75, 3.05) is 26.2 Å². The number of hydrogen-bond donors (Lipinski definition) is 1. The highest BCUT2D eigenvalue weighted by molar-refractivity contribution is 5.94. The Balaban J connectivity index is 1.05. The van der Waals surface area contributed by atoms with E-state index >= 15 is 0 Å². The van der Waals surface area contributed by atoms with E-state index in [2.05, 4.69) is 25.0 Å². The third-order valence-corrected chi connectivity index (χ3v) is 6.81. The van der Waals surface area contributed by atoms with Gasteiger partial charge in [0, 0.05) is 61.6 Å². The number of aromatic nitrogens is 5. The summed E-state index contributed by atoms with van der Waals surface area (Å²) in [5.41, 5.74) is 2.09. The summed E-state index contributed by atoms with van der Waals surface area (Å²) in [5, 5.41) is 5.45. The SMILES string of the molecule is O=C(c1cc(F)c(F)cc1F)N1CCC(N2C[C](n3cc(-c4ncnc5[nH]ccc45)cn3)C2)CC1. The summed E-state index contributed by atoms with van der Waals surface area (Å²) in [6.45, 7) is 2.39. The Kier molecular flexibility index (Phi) is 5.28. The number of aromatic amines is 1. The van der Waals surface area contributed by atoms with E-state index in [-0.39, 0.29) is 6.04 Å². The lowest BCUT2D eigenvalue weighted by molar-refractivity contribution is 0.0511. The Labute approximate surface area is 198 Å². The van der Waals surface area contributed by atoms with E-state index < -0.39 is 28.9 Å². The maximum atomic E-state index is 14.0. The molecule has 1 radical (unpaired) electrons. The standard InChI is InChI=1S/C24H21F3N7O/c25-19-8-21(27)20(26)7-18(19)24(35)32-5-2-15(3-6-32)33-11-16(12-33)34-10-14(9-31-34)22-17-1-4-28-23(17)30-13-29-22/h1,4,7-10,13,15H,2-3,5-6,11-12H2,(H,28,29,30). The number of carbonyl (C=O) groups excluding carboxylic acids is 1. The molecule has 2 fully saturated rings. The highest BCUT2D eigenvalue weighted by Crippen LogP contribution is 2.30. The molecular weight excluding hydrogens is 459 g/mol. The second kappa shape index (κ2) is 8.49. The van der Waals surface area contributed by atoms with Crippen LogP contribution < -0.4 is 0 Å². The van der Waals surface area contributed by atoms with E-state index in [4.69, 9.17) is 0 Å². The van der Waals surface area contributed by atoms with Gasteiger partial charge in [-0.15, -0.1) is 0 Å². The molecule has 0 spiro atoms. The number of hydrogen-bond acceptors (Lipinski definition) is 5. The van der Waals surface area contributed by atoms with Crippen LogP contribution in [0.25, 0.3) is 22.3 Å². The van der Waals surface area contributed by atoms with E-state index in [1.54, 1.807) is 6.20 Å². The lowest BCUT2D eigenvalue weighted by atomic mass is 9.97. The van der Waals surface area contributed by atoms with Crippen LogP contribution in [0.4, 0.5) is 13.2 Å². The Bertz CT molecular complexity index is 1400. The molecule has 35 heavy (non-hydrogen) atoms. The number of nitrogens with zero attached hydrogens (tertiary/aromatic N) is 6. The Hall–Kier alpha value is -3.73. The molecule has 4 aromatic rings. The van der Waals surface area contributed by atoms with E-state index in [0.717, 1.165) is 54.3 Å². The monoisotopic (exact) mass is 480 g/mol. The van der Waals surface area contributed by atoms with E-state index in [0.29, 0.717) is 25.2 Å². The third-order valence-electron chi connectivity index (χ3n) is 6.81. The molecule has 0 bridgehead atoms. The van der Waals surface area contributed by atoms with Crippen molar-refractivity contribution in [2.24, 2.45) is 0 Å². The smallest absolute Gasteiger partial charge is 0.256 e. The number of carbonyl (C=O) groups is 1. The van der Waals surface area contributed by atoms with E-state index in [9.17, 15) is 18.0 Å². The molecule has 179 valence electrons. The first-order valence-electron chi connectivity index (χ1n) is 11.3. The van der Waals surface area contributed by atoms with Crippen molar-refractivity contribution in [1.29, 1.82) is 0 Å². The summed E-state index contributed by atoms with van der Waals surface area (Å²) in [7, 11) is 0. The van der Waals surface area contributed by atoms with Crippen LogP contribution in [-0.2, 0) is 0 Å². The third kappa shape index (κ3) is 3.85. The van der Waals surface area contributed by atoms with E-state index in [1.807, 2.05) is 23.1 Å². The first kappa shape index (κ1) is 21.8. The second-order valence-corrected chi connectivity index (χ2v) is 8.88. The molecule has 2 aliphatic heterocycles. The van der Waals surface area contributed by atoms with Crippen LogP contribution in [0.15, 0.2) is 43.1 Å². The summed E-state index contributed by atoms with van der Waals surface area (Å²) in [6, 6.07) is 4.44. The van der Waals surface area contributed by atoms with Crippen molar-refractivity contribution in [1.82, 2.24) is 34.5 Å². The number of amides is 1. The molecule has 2 saturated heterocycles. The van der Waals surface area contributed by atoms with Gasteiger partial charge in [0.25, 0.3) is 5.91 Å². The van der Waals surface area contributed by atoms with Gasteiger partial charge in [-0.05, 0) is 25.0 Å². The number of piperidine rings is 1. The average molecular weight is 480 g/mol. The van der Waals surface area contributed by atoms with Gasteiger partial charge in [-0.1, -0.05) is 0 Å². The molecule has 8 nitrogen and oxygen atoms in total. The van der Waals surface area contributed by atoms with E-state index in [1.165, 1.54) is 11.2 Å². The fourth-order valence-electron chi connectivity index (χ4n) is 4.84. The summed E-state index contributed by atoms with van der Waals surface area (Å²) in [5.74, 6) is -4.19. The minimum Gasteiger partial charge on any atom is -0.346 e. The minimum absolute atomic E-state index is 0.286. The number of H-pyrrole nitrogens is 1. The van der Waals surface area contributed by atoms with Crippen LogP contribution in [0.2, 0.25) is 0 Å². The number of rotatable bonds is 4.